The molecule has 0 unspecified atom stereocenters. The van der Waals surface area contributed by atoms with Crippen LogP contribution in [0.25, 0.3) is 11.0 Å². The zero-order valence-corrected chi connectivity index (χ0v) is 14.7. The molecular weight excluding hydrogens is 300 g/mol. The third kappa shape index (κ3) is 3.42. The van der Waals surface area contributed by atoms with Gasteiger partial charge in [-0.1, -0.05) is 6.07 Å². The highest BCUT2D eigenvalue weighted by atomic mass is 15.3. The molecular formula is C18H24N6. The lowest BCUT2D eigenvalue weighted by Crippen LogP contribution is -2.38. The lowest BCUT2D eigenvalue weighted by atomic mass is 10.2. The van der Waals surface area contributed by atoms with Crippen molar-refractivity contribution in [3.63, 3.8) is 0 Å². The minimum Gasteiger partial charge on any atom is -0.353 e. The molecule has 0 spiro atoms. The largest absolute Gasteiger partial charge is 0.353 e. The Kier molecular flexibility index (Phi) is 4.55. The van der Waals surface area contributed by atoms with Crippen LogP contribution in [0, 0.1) is 6.92 Å². The summed E-state index contributed by atoms with van der Waals surface area (Å²) in [6.45, 7) is 3.49. The van der Waals surface area contributed by atoms with Crippen LogP contribution in [0.2, 0.25) is 0 Å². The molecule has 6 heteroatoms. The van der Waals surface area contributed by atoms with Gasteiger partial charge in [0, 0.05) is 33.0 Å². The maximum Gasteiger partial charge on any atom is 0.194 e. The van der Waals surface area contributed by atoms with E-state index in [1.54, 1.807) is 7.05 Å². The number of imidazole rings is 1. The fourth-order valence-corrected chi connectivity index (χ4v) is 2.79. The van der Waals surface area contributed by atoms with Crippen molar-refractivity contribution >= 4 is 17.0 Å². The smallest absolute Gasteiger partial charge is 0.194 e. The van der Waals surface area contributed by atoms with Crippen LogP contribution in [-0.4, -0.2) is 39.5 Å². The van der Waals surface area contributed by atoms with E-state index in [9.17, 15) is 0 Å². The van der Waals surface area contributed by atoms with Gasteiger partial charge in [0.15, 0.2) is 5.96 Å². The van der Waals surface area contributed by atoms with Gasteiger partial charge in [-0.2, -0.15) is 0 Å². The number of H-pyrrole nitrogens is 1. The number of aromatic nitrogens is 3. The summed E-state index contributed by atoms with van der Waals surface area (Å²) in [6.07, 6.45) is 2.05. The predicted octanol–water partition coefficient (Wildman–Crippen LogP) is 2.42. The van der Waals surface area contributed by atoms with Gasteiger partial charge in [0.25, 0.3) is 0 Å². The van der Waals surface area contributed by atoms with Crippen LogP contribution in [0.1, 0.15) is 17.1 Å². The Bertz CT molecular complexity index is 857. The number of hydrogen-bond acceptors (Lipinski definition) is 2. The number of aliphatic imine (C=N–C) groups is 1. The molecule has 0 saturated carbocycles. The molecule has 0 bridgehead atoms. The first-order chi connectivity index (χ1) is 11.6. The average Bonchev–Trinajstić information content (AvgIpc) is 3.13. The van der Waals surface area contributed by atoms with Crippen LogP contribution in [-0.2, 0) is 20.1 Å². The van der Waals surface area contributed by atoms with Gasteiger partial charge in [-0.15, -0.1) is 0 Å². The number of fused-ring (bicyclic) bond motifs is 1. The van der Waals surface area contributed by atoms with Gasteiger partial charge in [0.05, 0.1) is 24.1 Å². The first-order valence-corrected chi connectivity index (χ1v) is 8.04. The minimum atomic E-state index is 0.609. The second kappa shape index (κ2) is 6.78. The van der Waals surface area contributed by atoms with Crippen molar-refractivity contribution < 1.29 is 0 Å². The molecule has 0 aliphatic heterocycles. The summed E-state index contributed by atoms with van der Waals surface area (Å²) < 4.78 is 2.12. The Morgan fingerprint density at radius 1 is 1.38 bits per heavy atom. The molecule has 126 valence electrons. The van der Waals surface area contributed by atoms with Crippen LogP contribution in [0.5, 0.6) is 0 Å². The van der Waals surface area contributed by atoms with Crippen molar-refractivity contribution in [3.05, 3.63) is 53.6 Å². The summed E-state index contributed by atoms with van der Waals surface area (Å²) in [5.41, 5.74) is 4.52. The summed E-state index contributed by atoms with van der Waals surface area (Å²) in [6, 6.07) is 10.4. The van der Waals surface area contributed by atoms with Crippen molar-refractivity contribution in [1.29, 1.82) is 0 Å². The summed E-state index contributed by atoms with van der Waals surface area (Å²) in [7, 11) is 5.88. The van der Waals surface area contributed by atoms with Crippen molar-refractivity contribution in [1.82, 2.24) is 24.8 Å². The molecule has 0 radical (unpaired) electrons. The SMILES string of the molecule is CN=C(NCc1nc2ccc(C)cc2[nH]1)N(C)Cc1cccn1C. The van der Waals surface area contributed by atoms with Gasteiger partial charge in [0.2, 0.25) is 0 Å². The number of guanidine groups is 1. The number of nitrogens with one attached hydrogen (secondary N) is 2. The molecule has 24 heavy (non-hydrogen) atoms. The molecule has 2 heterocycles. The number of aromatic amines is 1. The van der Waals surface area contributed by atoms with E-state index in [2.05, 4.69) is 74.2 Å². The van der Waals surface area contributed by atoms with Gasteiger partial charge < -0.3 is 19.8 Å². The highest BCUT2D eigenvalue weighted by Gasteiger charge is 2.09. The Morgan fingerprint density at radius 2 is 2.21 bits per heavy atom. The fraction of sp³-hybridized carbons (Fsp3) is 0.333. The van der Waals surface area contributed by atoms with E-state index < -0.39 is 0 Å². The first-order valence-electron chi connectivity index (χ1n) is 8.04. The van der Waals surface area contributed by atoms with Crippen molar-refractivity contribution in [2.75, 3.05) is 14.1 Å². The third-order valence-electron chi connectivity index (χ3n) is 4.12. The Hall–Kier alpha value is -2.76. The average molecular weight is 324 g/mol. The number of benzene rings is 1. The molecule has 3 aromatic rings. The second-order valence-corrected chi connectivity index (χ2v) is 6.07. The molecule has 2 N–H and O–H groups in total. The van der Waals surface area contributed by atoms with Crippen molar-refractivity contribution in [2.24, 2.45) is 12.0 Å². The zero-order valence-electron chi connectivity index (χ0n) is 14.7. The van der Waals surface area contributed by atoms with Gasteiger partial charge in [-0.3, -0.25) is 4.99 Å². The molecule has 0 fully saturated rings. The van der Waals surface area contributed by atoms with Crippen LogP contribution in [0.15, 0.2) is 41.5 Å². The number of rotatable bonds is 4. The van der Waals surface area contributed by atoms with E-state index in [0.29, 0.717) is 6.54 Å². The molecule has 1 aromatic carbocycles. The van der Waals surface area contributed by atoms with E-state index in [-0.39, 0.29) is 0 Å². The van der Waals surface area contributed by atoms with Crippen molar-refractivity contribution in [2.45, 2.75) is 20.0 Å². The third-order valence-corrected chi connectivity index (χ3v) is 4.12. The minimum absolute atomic E-state index is 0.609. The highest BCUT2D eigenvalue weighted by molar-refractivity contribution is 5.80. The standard InChI is InChI=1S/C18H24N6/c1-13-7-8-15-16(10-13)22-17(21-15)11-20-18(19-2)24(4)12-14-6-5-9-23(14)3/h5-10H,11-12H2,1-4H3,(H,19,20)(H,21,22). The van der Waals surface area contributed by atoms with E-state index in [1.807, 2.05) is 13.1 Å². The van der Waals surface area contributed by atoms with Crippen LogP contribution < -0.4 is 5.32 Å². The molecule has 0 atom stereocenters. The molecule has 2 aromatic heterocycles. The number of aryl methyl sites for hydroxylation is 2. The van der Waals surface area contributed by atoms with Crippen molar-refractivity contribution in [3.8, 4) is 0 Å². The normalized spacial score (nSPS) is 11.9. The highest BCUT2D eigenvalue weighted by Crippen LogP contribution is 2.13. The Labute approximate surface area is 142 Å². The van der Waals surface area contributed by atoms with E-state index in [4.69, 9.17) is 0 Å². The predicted molar refractivity (Wildman–Crippen MR) is 97.9 cm³/mol. The number of hydrogen-bond donors (Lipinski definition) is 2. The lowest BCUT2D eigenvalue weighted by Gasteiger charge is -2.22. The fourth-order valence-electron chi connectivity index (χ4n) is 2.79. The molecule has 0 aliphatic carbocycles. The maximum atomic E-state index is 4.61. The number of nitrogens with zero attached hydrogens (tertiary/aromatic N) is 4. The van der Waals surface area contributed by atoms with Crippen LogP contribution in [0.3, 0.4) is 0 Å². The zero-order chi connectivity index (χ0) is 17.1. The Morgan fingerprint density at radius 3 is 2.92 bits per heavy atom. The first kappa shape index (κ1) is 16.1. The quantitative estimate of drug-likeness (QED) is 0.572. The summed E-state index contributed by atoms with van der Waals surface area (Å²) in [5, 5.41) is 3.37. The monoisotopic (exact) mass is 324 g/mol. The summed E-state index contributed by atoms with van der Waals surface area (Å²) in [5.74, 6) is 1.75. The van der Waals surface area contributed by atoms with Gasteiger partial charge >= 0.3 is 0 Å². The van der Waals surface area contributed by atoms with Crippen LogP contribution >= 0.6 is 0 Å². The van der Waals surface area contributed by atoms with Gasteiger partial charge in [-0.25, -0.2) is 4.98 Å². The van der Waals surface area contributed by atoms with Gasteiger partial charge in [-0.05, 0) is 36.8 Å². The van der Waals surface area contributed by atoms with Crippen LogP contribution in [0.4, 0.5) is 0 Å². The molecule has 0 saturated heterocycles. The Balaban J connectivity index is 1.65. The second-order valence-electron chi connectivity index (χ2n) is 6.07. The molecule has 0 amide bonds. The topological polar surface area (TPSA) is 61.2 Å². The molecule has 6 nitrogen and oxygen atoms in total. The lowest BCUT2D eigenvalue weighted by molar-refractivity contribution is 0.461. The van der Waals surface area contributed by atoms with E-state index >= 15 is 0 Å². The molecule has 0 aliphatic rings. The van der Waals surface area contributed by atoms with E-state index in [1.165, 1.54) is 11.3 Å². The van der Waals surface area contributed by atoms with Gasteiger partial charge in [0.1, 0.15) is 5.82 Å². The summed E-state index contributed by atoms with van der Waals surface area (Å²) in [4.78, 5) is 14.4. The molecule has 3 rings (SSSR count). The maximum absolute atomic E-state index is 4.61. The summed E-state index contributed by atoms with van der Waals surface area (Å²) >= 11 is 0. The van der Waals surface area contributed by atoms with E-state index in [0.717, 1.165) is 29.4 Å².